The number of carbonyl (C=O) groups excluding carboxylic acids is 2. The summed E-state index contributed by atoms with van der Waals surface area (Å²) in [5, 5.41) is 5.06. The van der Waals surface area contributed by atoms with Crippen LogP contribution >= 0.6 is 0 Å². The molecule has 0 unspecified atom stereocenters. The fourth-order valence-corrected chi connectivity index (χ4v) is 3.74. The highest BCUT2D eigenvalue weighted by atomic mass is 32.2. The van der Waals surface area contributed by atoms with Crippen LogP contribution in [0.4, 0.5) is 0 Å². The summed E-state index contributed by atoms with van der Waals surface area (Å²) in [7, 11) is -3.64. The zero-order chi connectivity index (χ0) is 19.9. The van der Waals surface area contributed by atoms with E-state index in [0.717, 1.165) is 5.56 Å². The molecule has 27 heavy (non-hydrogen) atoms. The Balaban J connectivity index is 1.74. The van der Waals surface area contributed by atoms with E-state index in [0.29, 0.717) is 11.1 Å². The van der Waals surface area contributed by atoms with Gasteiger partial charge in [0, 0.05) is 18.7 Å². The molecule has 7 nitrogen and oxygen atoms in total. The van der Waals surface area contributed by atoms with Crippen molar-refractivity contribution in [1.82, 2.24) is 15.4 Å². The smallest absolute Gasteiger partial charge is 0.251 e. The lowest BCUT2D eigenvalue weighted by atomic mass is 10.2. The molecule has 2 aromatic carbocycles. The second-order valence-electron chi connectivity index (χ2n) is 6.07. The van der Waals surface area contributed by atoms with Crippen molar-refractivity contribution in [3.8, 4) is 0 Å². The van der Waals surface area contributed by atoms with Crippen LogP contribution in [-0.2, 0) is 14.8 Å². The van der Waals surface area contributed by atoms with Crippen molar-refractivity contribution < 1.29 is 18.0 Å². The number of nitrogens with one attached hydrogen (secondary N) is 3. The summed E-state index contributed by atoms with van der Waals surface area (Å²) < 4.78 is 27.1. The van der Waals surface area contributed by atoms with Crippen LogP contribution in [0.15, 0.2) is 53.4 Å². The zero-order valence-electron chi connectivity index (χ0n) is 15.3. The molecule has 144 valence electrons. The third kappa shape index (κ3) is 6.19. The molecule has 0 heterocycles. The lowest BCUT2D eigenvalue weighted by Crippen LogP contribution is -2.40. The molecular weight excluding hydrogens is 366 g/mol. The van der Waals surface area contributed by atoms with Gasteiger partial charge in [-0.2, -0.15) is 0 Å². The molecule has 0 fully saturated rings. The monoisotopic (exact) mass is 389 g/mol. The van der Waals surface area contributed by atoms with Gasteiger partial charge >= 0.3 is 0 Å². The number of benzene rings is 2. The van der Waals surface area contributed by atoms with E-state index < -0.39 is 15.9 Å². The quantitative estimate of drug-likeness (QED) is 0.589. The van der Waals surface area contributed by atoms with Crippen molar-refractivity contribution in [2.24, 2.45) is 0 Å². The van der Waals surface area contributed by atoms with Gasteiger partial charge in [0.2, 0.25) is 15.9 Å². The first-order valence-corrected chi connectivity index (χ1v) is 9.95. The Kier molecular flexibility index (Phi) is 7.09. The molecular formula is C19H23N3O4S. The van der Waals surface area contributed by atoms with Gasteiger partial charge in [-0.05, 0) is 37.6 Å². The third-order valence-electron chi connectivity index (χ3n) is 3.80. The molecule has 0 aliphatic carbocycles. The van der Waals surface area contributed by atoms with Crippen molar-refractivity contribution in [3.63, 3.8) is 0 Å². The van der Waals surface area contributed by atoms with E-state index in [9.17, 15) is 18.0 Å². The van der Waals surface area contributed by atoms with Gasteiger partial charge in [-0.3, -0.25) is 9.59 Å². The largest absolute Gasteiger partial charge is 0.353 e. The Hall–Kier alpha value is -2.71. The Morgan fingerprint density at radius 3 is 2.30 bits per heavy atom. The van der Waals surface area contributed by atoms with E-state index in [4.69, 9.17) is 0 Å². The number of carbonyl (C=O) groups is 2. The first-order chi connectivity index (χ1) is 12.8. The lowest BCUT2D eigenvalue weighted by molar-refractivity contribution is -0.120. The number of hydrogen-bond acceptors (Lipinski definition) is 4. The van der Waals surface area contributed by atoms with Crippen LogP contribution in [-0.4, -0.2) is 39.9 Å². The van der Waals surface area contributed by atoms with Crippen molar-refractivity contribution in [1.29, 1.82) is 0 Å². The summed E-state index contributed by atoms with van der Waals surface area (Å²) in [6.07, 6.45) is 0. The van der Waals surface area contributed by atoms with Crippen LogP contribution in [0.25, 0.3) is 0 Å². The van der Waals surface area contributed by atoms with E-state index in [1.807, 2.05) is 6.92 Å². The van der Waals surface area contributed by atoms with Crippen LogP contribution in [0, 0.1) is 13.8 Å². The van der Waals surface area contributed by atoms with E-state index in [1.54, 1.807) is 55.5 Å². The average molecular weight is 389 g/mol. The highest BCUT2D eigenvalue weighted by Gasteiger charge is 2.16. The van der Waals surface area contributed by atoms with Gasteiger partial charge in [-0.1, -0.05) is 35.9 Å². The van der Waals surface area contributed by atoms with Gasteiger partial charge in [-0.15, -0.1) is 0 Å². The molecule has 2 rings (SSSR count). The average Bonchev–Trinajstić information content (AvgIpc) is 2.63. The van der Waals surface area contributed by atoms with Crippen LogP contribution in [0.1, 0.15) is 21.5 Å². The van der Waals surface area contributed by atoms with E-state index in [1.165, 1.54) is 0 Å². The summed E-state index contributed by atoms with van der Waals surface area (Å²) in [5.74, 6) is -0.744. The highest BCUT2D eigenvalue weighted by molar-refractivity contribution is 7.89. The SMILES string of the molecule is Cc1ccc(S(=O)(=O)NCCNC(=O)CNC(=O)c2ccccc2)c(C)c1. The topological polar surface area (TPSA) is 104 Å². The van der Waals surface area contributed by atoms with Crippen LogP contribution < -0.4 is 15.4 Å². The molecule has 0 saturated carbocycles. The maximum Gasteiger partial charge on any atom is 0.251 e. The molecule has 0 saturated heterocycles. The normalized spacial score (nSPS) is 11.0. The lowest BCUT2D eigenvalue weighted by Gasteiger charge is -2.11. The fourth-order valence-electron chi connectivity index (χ4n) is 2.48. The van der Waals surface area contributed by atoms with Gasteiger partial charge in [0.05, 0.1) is 11.4 Å². The summed E-state index contributed by atoms with van der Waals surface area (Å²) >= 11 is 0. The minimum absolute atomic E-state index is 0.0496. The number of amides is 2. The highest BCUT2D eigenvalue weighted by Crippen LogP contribution is 2.15. The molecule has 0 aromatic heterocycles. The van der Waals surface area contributed by atoms with Gasteiger partial charge in [0.15, 0.2) is 0 Å². The van der Waals surface area contributed by atoms with Crippen molar-refractivity contribution in [2.75, 3.05) is 19.6 Å². The molecule has 0 spiro atoms. The van der Waals surface area contributed by atoms with Crippen LogP contribution in [0.2, 0.25) is 0 Å². The van der Waals surface area contributed by atoms with Crippen molar-refractivity contribution in [3.05, 3.63) is 65.2 Å². The van der Waals surface area contributed by atoms with Crippen LogP contribution in [0.3, 0.4) is 0 Å². The Bertz CT molecular complexity index is 912. The second-order valence-corrected chi connectivity index (χ2v) is 7.80. The second kappa shape index (κ2) is 9.29. The fraction of sp³-hybridized carbons (Fsp3) is 0.263. The molecule has 0 bridgehead atoms. The summed E-state index contributed by atoms with van der Waals surface area (Å²) in [6.45, 7) is 3.61. The van der Waals surface area contributed by atoms with Gasteiger partial charge in [0.25, 0.3) is 5.91 Å². The third-order valence-corrected chi connectivity index (χ3v) is 5.43. The maximum atomic E-state index is 12.3. The molecule has 2 amide bonds. The minimum Gasteiger partial charge on any atom is -0.353 e. The zero-order valence-corrected chi connectivity index (χ0v) is 16.1. The Morgan fingerprint density at radius 2 is 1.63 bits per heavy atom. The minimum atomic E-state index is -3.64. The summed E-state index contributed by atoms with van der Waals surface area (Å²) in [5.41, 5.74) is 2.11. The molecule has 0 aliphatic rings. The van der Waals surface area contributed by atoms with Crippen molar-refractivity contribution >= 4 is 21.8 Å². The number of sulfonamides is 1. The summed E-state index contributed by atoms with van der Waals surface area (Å²) in [4.78, 5) is 23.8. The Labute approximate surface area is 159 Å². The molecule has 0 atom stereocenters. The van der Waals surface area contributed by atoms with Gasteiger partial charge in [-0.25, -0.2) is 13.1 Å². The molecule has 8 heteroatoms. The molecule has 0 radical (unpaired) electrons. The van der Waals surface area contributed by atoms with E-state index in [2.05, 4.69) is 15.4 Å². The van der Waals surface area contributed by atoms with Gasteiger partial charge in [0.1, 0.15) is 0 Å². The maximum absolute atomic E-state index is 12.3. The number of aryl methyl sites for hydroxylation is 2. The molecule has 2 aromatic rings. The predicted molar refractivity (Wildman–Crippen MR) is 103 cm³/mol. The van der Waals surface area contributed by atoms with E-state index in [-0.39, 0.29) is 30.4 Å². The van der Waals surface area contributed by atoms with Crippen molar-refractivity contribution in [2.45, 2.75) is 18.7 Å². The predicted octanol–water partition coefficient (Wildman–Crippen LogP) is 1.13. The first kappa shape index (κ1) is 20.6. The molecule has 0 aliphatic heterocycles. The van der Waals surface area contributed by atoms with Crippen LogP contribution in [0.5, 0.6) is 0 Å². The standard InChI is InChI=1S/C19H23N3O4S/c1-14-8-9-17(15(2)12-14)27(25,26)22-11-10-20-18(23)13-21-19(24)16-6-4-3-5-7-16/h3-9,12,22H,10-11,13H2,1-2H3,(H,20,23)(H,21,24). The number of rotatable bonds is 8. The van der Waals surface area contributed by atoms with Gasteiger partial charge < -0.3 is 10.6 Å². The number of hydrogen-bond donors (Lipinski definition) is 3. The first-order valence-electron chi connectivity index (χ1n) is 8.46. The van der Waals surface area contributed by atoms with E-state index >= 15 is 0 Å². The summed E-state index contributed by atoms with van der Waals surface area (Å²) in [6, 6.07) is 13.6. The Morgan fingerprint density at radius 1 is 0.926 bits per heavy atom. The molecule has 3 N–H and O–H groups in total.